The molecular weight excluding hydrogens is 511 g/mol. The van der Waals surface area contributed by atoms with E-state index in [0.29, 0.717) is 49.7 Å². The summed E-state index contributed by atoms with van der Waals surface area (Å²) >= 11 is 11.7. The van der Waals surface area contributed by atoms with Crippen LogP contribution in [0, 0.1) is 11.8 Å². The predicted molar refractivity (Wildman–Crippen MR) is 140 cm³/mol. The number of anilines is 2. The van der Waals surface area contributed by atoms with Crippen LogP contribution in [0.2, 0.25) is 5.02 Å². The van der Waals surface area contributed by atoms with Crippen molar-refractivity contribution in [2.45, 2.75) is 44.7 Å². The first-order valence-corrected chi connectivity index (χ1v) is 12.9. The van der Waals surface area contributed by atoms with Crippen LogP contribution in [0.4, 0.5) is 24.9 Å². The molecule has 1 aromatic carbocycles. The Kier molecular flexibility index (Phi) is 8.26. The zero-order chi connectivity index (χ0) is 25.9. The zero-order valence-electron chi connectivity index (χ0n) is 20.4. The fourth-order valence-corrected chi connectivity index (χ4v) is 5.54. The number of thiocarbonyl (C=S) groups is 1. The molecule has 2 aliphatic rings. The Morgan fingerprint density at radius 3 is 2.50 bits per heavy atom. The van der Waals surface area contributed by atoms with Gasteiger partial charge >= 0.3 is 6.18 Å². The Morgan fingerprint density at radius 1 is 1.17 bits per heavy atom. The van der Waals surface area contributed by atoms with Crippen LogP contribution in [-0.4, -0.2) is 47.9 Å². The van der Waals surface area contributed by atoms with E-state index in [1.54, 1.807) is 0 Å². The maximum atomic E-state index is 13.7. The lowest BCUT2D eigenvalue weighted by Gasteiger charge is -2.38. The van der Waals surface area contributed by atoms with Crippen molar-refractivity contribution in [3.05, 3.63) is 46.6 Å². The molecule has 3 heterocycles. The summed E-state index contributed by atoms with van der Waals surface area (Å²) in [5, 5.41) is 6.77. The van der Waals surface area contributed by atoms with E-state index < -0.39 is 11.9 Å². The normalized spacial score (nSPS) is 22.2. The van der Waals surface area contributed by atoms with Gasteiger partial charge in [-0.1, -0.05) is 37.6 Å². The summed E-state index contributed by atoms with van der Waals surface area (Å²) in [5.41, 5.74) is -0.197. The van der Waals surface area contributed by atoms with E-state index >= 15 is 0 Å². The first-order valence-electron chi connectivity index (χ1n) is 12.1. The molecule has 0 aliphatic carbocycles. The Morgan fingerprint density at radius 2 is 1.86 bits per heavy atom. The summed E-state index contributed by atoms with van der Waals surface area (Å²) in [6, 6.07) is 8.71. The van der Waals surface area contributed by atoms with Gasteiger partial charge in [-0.15, -0.1) is 0 Å². The van der Waals surface area contributed by atoms with Crippen LogP contribution in [0.25, 0.3) is 0 Å². The van der Waals surface area contributed by atoms with Gasteiger partial charge in [0.1, 0.15) is 5.82 Å². The molecule has 0 spiro atoms. The van der Waals surface area contributed by atoms with Gasteiger partial charge in [-0.2, -0.15) is 18.2 Å². The number of halogens is 4. The largest absolute Gasteiger partial charge is 0.433 e. The van der Waals surface area contributed by atoms with Crippen molar-refractivity contribution in [2.24, 2.45) is 11.8 Å². The SMILES string of the molecule is C[C@@H]1C[C@H](C)CN(c2cc(C(F)(F)F)nc(NC(=S)NCC3(c4cccc(Cl)c4)CCOCC3)n2)C1. The third kappa shape index (κ3) is 6.58. The molecule has 2 saturated heterocycles. The maximum absolute atomic E-state index is 13.7. The van der Waals surface area contributed by atoms with Crippen molar-refractivity contribution < 1.29 is 17.9 Å². The molecule has 1 aromatic heterocycles. The molecule has 2 aromatic rings. The highest BCUT2D eigenvalue weighted by Gasteiger charge is 2.36. The second kappa shape index (κ2) is 11.1. The van der Waals surface area contributed by atoms with Crippen molar-refractivity contribution in [2.75, 3.05) is 43.1 Å². The lowest BCUT2D eigenvalue weighted by molar-refractivity contribution is -0.141. The lowest BCUT2D eigenvalue weighted by Crippen LogP contribution is -2.45. The van der Waals surface area contributed by atoms with Crippen LogP contribution in [0.3, 0.4) is 0 Å². The van der Waals surface area contributed by atoms with E-state index in [1.807, 2.05) is 29.2 Å². The number of benzene rings is 1. The third-order valence-corrected chi connectivity index (χ3v) is 7.38. The van der Waals surface area contributed by atoms with Gasteiger partial charge in [-0.25, -0.2) is 4.98 Å². The van der Waals surface area contributed by atoms with Gasteiger partial charge in [0, 0.05) is 49.4 Å². The summed E-state index contributed by atoms with van der Waals surface area (Å²) in [6.07, 6.45) is -2.04. The first kappa shape index (κ1) is 26.9. The number of hydrogen-bond acceptors (Lipinski definition) is 5. The molecule has 2 N–H and O–H groups in total. The van der Waals surface area contributed by atoms with Crippen molar-refractivity contribution >= 4 is 40.7 Å². The summed E-state index contributed by atoms with van der Waals surface area (Å²) in [4.78, 5) is 10.0. The van der Waals surface area contributed by atoms with Crippen molar-refractivity contribution in [1.29, 1.82) is 0 Å². The molecule has 2 atom stereocenters. The highest BCUT2D eigenvalue weighted by molar-refractivity contribution is 7.80. The molecule has 0 bridgehead atoms. The molecule has 0 saturated carbocycles. The fraction of sp³-hybridized carbons (Fsp3) is 0.560. The van der Waals surface area contributed by atoms with E-state index in [4.69, 9.17) is 28.6 Å². The zero-order valence-corrected chi connectivity index (χ0v) is 21.9. The number of alkyl halides is 3. The Bertz CT molecular complexity index is 1070. The molecule has 6 nitrogen and oxygen atoms in total. The van der Waals surface area contributed by atoms with Crippen LogP contribution in [0.1, 0.15) is 44.4 Å². The van der Waals surface area contributed by atoms with Crippen LogP contribution in [-0.2, 0) is 16.3 Å². The molecule has 0 amide bonds. The number of piperidine rings is 1. The molecule has 4 rings (SSSR count). The van der Waals surface area contributed by atoms with E-state index in [2.05, 4.69) is 34.4 Å². The van der Waals surface area contributed by atoms with E-state index in [0.717, 1.165) is 30.9 Å². The molecule has 11 heteroatoms. The highest BCUT2D eigenvalue weighted by Crippen LogP contribution is 2.36. The molecule has 2 aliphatic heterocycles. The summed E-state index contributed by atoms with van der Waals surface area (Å²) in [5.74, 6) is 0.798. The molecule has 36 heavy (non-hydrogen) atoms. The summed E-state index contributed by atoms with van der Waals surface area (Å²) in [7, 11) is 0. The van der Waals surface area contributed by atoms with Gasteiger partial charge in [0.2, 0.25) is 5.95 Å². The summed E-state index contributed by atoms with van der Waals surface area (Å²) < 4.78 is 46.5. The first-order chi connectivity index (χ1) is 17.0. The maximum Gasteiger partial charge on any atom is 0.433 e. The molecule has 0 radical (unpaired) electrons. The number of nitrogens with zero attached hydrogens (tertiary/aromatic N) is 3. The highest BCUT2D eigenvalue weighted by atomic mass is 35.5. The summed E-state index contributed by atoms with van der Waals surface area (Å²) in [6.45, 7) is 7.14. The number of nitrogens with one attached hydrogen (secondary N) is 2. The van der Waals surface area contributed by atoms with Crippen molar-refractivity contribution in [3.8, 4) is 0 Å². The van der Waals surface area contributed by atoms with E-state index in [-0.39, 0.29) is 22.3 Å². The number of ether oxygens (including phenoxy) is 1. The lowest BCUT2D eigenvalue weighted by atomic mass is 9.74. The van der Waals surface area contributed by atoms with Gasteiger partial charge in [0.25, 0.3) is 0 Å². The Balaban J connectivity index is 1.52. The molecule has 0 unspecified atom stereocenters. The minimum atomic E-state index is -4.60. The van der Waals surface area contributed by atoms with Gasteiger partial charge < -0.3 is 20.3 Å². The van der Waals surface area contributed by atoms with E-state index in [1.165, 1.54) is 0 Å². The van der Waals surface area contributed by atoms with Gasteiger partial charge in [0.05, 0.1) is 0 Å². The minimum Gasteiger partial charge on any atom is -0.381 e. The van der Waals surface area contributed by atoms with Crippen LogP contribution in [0.5, 0.6) is 0 Å². The average molecular weight is 542 g/mol. The smallest absolute Gasteiger partial charge is 0.381 e. The Labute approximate surface area is 220 Å². The Hall–Kier alpha value is -2.17. The topological polar surface area (TPSA) is 62.3 Å². The third-order valence-electron chi connectivity index (χ3n) is 6.90. The van der Waals surface area contributed by atoms with Gasteiger partial charge in [0.15, 0.2) is 10.8 Å². The van der Waals surface area contributed by atoms with Gasteiger partial charge in [-0.05, 0) is 61.0 Å². The van der Waals surface area contributed by atoms with E-state index in [9.17, 15) is 13.2 Å². The van der Waals surface area contributed by atoms with Gasteiger partial charge in [-0.3, -0.25) is 0 Å². The second-order valence-corrected chi connectivity index (χ2v) is 10.8. The average Bonchev–Trinajstić information content (AvgIpc) is 2.82. The molecule has 2 fully saturated rings. The van der Waals surface area contributed by atoms with Crippen LogP contribution in [0.15, 0.2) is 30.3 Å². The number of hydrogen-bond donors (Lipinski definition) is 2. The fourth-order valence-electron chi connectivity index (χ4n) is 5.19. The molecular formula is C25H31ClF3N5OS. The monoisotopic (exact) mass is 541 g/mol. The number of aromatic nitrogens is 2. The van der Waals surface area contributed by atoms with Crippen LogP contribution >= 0.6 is 23.8 Å². The van der Waals surface area contributed by atoms with Crippen molar-refractivity contribution in [3.63, 3.8) is 0 Å². The minimum absolute atomic E-state index is 0.161. The number of rotatable bonds is 5. The second-order valence-electron chi connectivity index (χ2n) is 9.99. The van der Waals surface area contributed by atoms with Crippen molar-refractivity contribution in [1.82, 2.24) is 15.3 Å². The quantitative estimate of drug-likeness (QED) is 0.473. The standard InChI is InChI=1S/C25H31ClF3N5OS/c1-16-10-17(2)14-34(13-16)21-12-20(25(27,28)29)31-22(32-21)33-23(36)30-15-24(6-8-35-9-7-24)18-4-3-5-19(26)11-18/h3-5,11-12,16-17H,6-10,13-15H2,1-2H3,(H2,30,31,32,33,36)/t16-,17+. The predicted octanol–water partition coefficient (Wildman–Crippen LogP) is 5.67. The molecule has 196 valence electrons. The van der Waals surface area contributed by atoms with Crippen LogP contribution < -0.4 is 15.5 Å².